The first-order valence-corrected chi connectivity index (χ1v) is 11.2. The number of rotatable bonds is 6. The van der Waals surface area contributed by atoms with Crippen molar-refractivity contribution in [3.05, 3.63) is 41.7 Å². The molecule has 1 unspecified atom stereocenters. The molecule has 0 spiro atoms. The first kappa shape index (κ1) is 21.0. The number of hydrogen-bond acceptors (Lipinski definition) is 6. The molecule has 0 N–H and O–H groups in total. The minimum atomic E-state index is -3.70. The third kappa shape index (κ3) is 3.53. The fraction of sp³-hybridized carbons (Fsp3) is 0.500. The van der Waals surface area contributed by atoms with E-state index < -0.39 is 16.3 Å². The molecule has 1 saturated heterocycles. The molecule has 1 atom stereocenters. The molecule has 4 rings (SSSR count). The zero-order chi connectivity index (χ0) is 21.3. The Hall–Kier alpha value is -2.27. The van der Waals surface area contributed by atoms with Crippen molar-refractivity contribution in [2.24, 2.45) is 0 Å². The Labute approximate surface area is 176 Å². The van der Waals surface area contributed by atoms with Crippen molar-refractivity contribution in [2.45, 2.75) is 12.6 Å². The average Bonchev–Trinajstić information content (AvgIpc) is 3.26. The molecule has 9 nitrogen and oxygen atoms in total. The van der Waals surface area contributed by atoms with Crippen LogP contribution in [0.25, 0.3) is 0 Å². The number of methoxy groups -OCH3 is 3. The molecule has 30 heavy (non-hydrogen) atoms. The zero-order valence-corrected chi connectivity index (χ0v) is 18.2. The highest BCUT2D eigenvalue weighted by Crippen LogP contribution is 2.44. The fourth-order valence-electron chi connectivity index (χ4n) is 4.13. The van der Waals surface area contributed by atoms with E-state index in [-0.39, 0.29) is 0 Å². The van der Waals surface area contributed by atoms with Crippen molar-refractivity contribution in [3.8, 4) is 17.2 Å². The third-order valence-electron chi connectivity index (χ3n) is 5.59. The summed E-state index contributed by atoms with van der Waals surface area (Å²) < 4.78 is 54.1. The quantitative estimate of drug-likeness (QED) is 0.681. The van der Waals surface area contributed by atoms with Crippen LogP contribution in [-0.2, 0) is 21.5 Å². The van der Waals surface area contributed by atoms with Crippen LogP contribution < -0.4 is 14.2 Å². The van der Waals surface area contributed by atoms with Gasteiger partial charge in [0.1, 0.15) is 0 Å². The molecule has 0 radical (unpaired) electrons. The summed E-state index contributed by atoms with van der Waals surface area (Å²) >= 11 is 0. The molecule has 10 heteroatoms. The molecule has 0 saturated carbocycles. The van der Waals surface area contributed by atoms with Crippen LogP contribution in [0.4, 0.5) is 0 Å². The van der Waals surface area contributed by atoms with Gasteiger partial charge < -0.3 is 23.5 Å². The Morgan fingerprint density at radius 3 is 2.23 bits per heavy atom. The third-order valence-corrected chi connectivity index (χ3v) is 7.59. The molecule has 2 aliphatic rings. The van der Waals surface area contributed by atoms with Gasteiger partial charge in [-0.3, -0.25) is 0 Å². The summed E-state index contributed by atoms with van der Waals surface area (Å²) in [5.74, 6) is 1.44. The number of fused-ring (bicyclic) bond motifs is 1. The molecule has 1 fully saturated rings. The lowest BCUT2D eigenvalue weighted by Crippen LogP contribution is -2.52. The Balaban J connectivity index is 1.84. The highest BCUT2D eigenvalue weighted by atomic mass is 32.2. The topological polar surface area (TPSA) is 82.5 Å². The van der Waals surface area contributed by atoms with Gasteiger partial charge in [0, 0.05) is 38.1 Å². The molecule has 2 aromatic rings. The van der Waals surface area contributed by atoms with Crippen LogP contribution in [0.15, 0.2) is 30.5 Å². The molecular formula is C20H27N3O6S. The maximum Gasteiger partial charge on any atom is 0.283 e. The zero-order valence-electron chi connectivity index (χ0n) is 17.4. The van der Waals surface area contributed by atoms with E-state index in [1.807, 2.05) is 30.5 Å². The molecular weight excluding hydrogens is 410 g/mol. The second-order valence-electron chi connectivity index (χ2n) is 7.12. The Morgan fingerprint density at radius 2 is 1.63 bits per heavy atom. The van der Waals surface area contributed by atoms with Crippen LogP contribution >= 0.6 is 0 Å². The van der Waals surface area contributed by atoms with Gasteiger partial charge in [0.25, 0.3) is 10.2 Å². The van der Waals surface area contributed by atoms with Crippen molar-refractivity contribution in [1.82, 2.24) is 13.2 Å². The normalized spacial score (nSPS) is 20.6. The van der Waals surface area contributed by atoms with Crippen LogP contribution in [0.3, 0.4) is 0 Å². The summed E-state index contributed by atoms with van der Waals surface area (Å²) in [7, 11) is 0.942. The molecule has 164 valence electrons. The number of morpholine rings is 1. The average molecular weight is 438 g/mol. The Bertz CT molecular complexity index is 975. The second-order valence-corrected chi connectivity index (χ2v) is 9.00. The molecule has 0 aliphatic carbocycles. The largest absolute Gasteiger partial charge is 0.493 e. The van der Waals surface area contributed by atoms with Gasteiger partial charge >= 0.3 is 0 Å². The van der Waals surface area contributed by atoms with Gasteiger partial charge in [-0.25, -0.2) is 0 Å². The van der Waals surface area contributed by atoms with Crippen LogP contribution in [0, 0.1) is 0 Å². The Kier molecular flexibility index (Phi) is 5.92. The Morgan fingerprint density at radius 1 is 0.967 bits per heavy atom. The number of aromatic nitrogens is 1. The highest BCUT2D eigenvalue weighted by molar-refractivity contribution is 7.86. The minimum absolute atomic E-state index is 0.349. The highest BCUT2D eigenvalue weighted by Gasteiger charge is 2.41. The number of benzene rings is 1. The summed E-state index contributed by atoms with van der Waals surface area (Å²) in [6, 6.07) is 7.00. The van der Waals surface area contributed by atoms with E-state index in [1.165, 1.54) is 4.31 Å². The summed E-state index contributed by atoms with van der Waals surface area (Å²) in [6.07, 6.45) is 1.97. The summed E-state index contributed by atoms with van der Waals surface area (Å²) in [6.45, 7) is 2.45. The van der Waals surface area contributed by atoms with Gasteiger partial charge in [-0.15, -0.1) is 0 Å². The molecule has 0 bridgehead atoms. The molecule has 1 aromatic heterocycles. The first-order valence-electron chi connectivity index (χ1n) is 9.81. The molecule has 1 aromatic carbocycles. The van der Waals surface area contributed by atoms with Crippen LogP contribution in [0.5, 0.6) is 17.2 Å². The molecule has 3 heterocycles. The van der Waals surface area contributed by atoms with Crippen molar-refractivity contribution >= 4 is 10.2 Å². The predicted molar refractivity (Wildman–Crippen MR) is 110 cm³/mol. The van der Waals surface area contributed by atoms with Crippen molar-refractivity contribution in [2.75, 3.05) is 54.2 Å². The van der Waals surface area contributed by atoms with Crippen molar-refractivity contribution in [3.63, 3.8) is 0 Å². The second kappa shape index (κ2) is 8.46. The van der Waals surface area contributed by atoms with Crippen LogP contribution in [-0.4, -0.2) is 75.8 Å². The van der Waals surface area contributed by atoms with E-state index in [0.29, 0.717) is 56.6 Å². The van der Waals surface area contributed by atoms with E-state index in [0.717, 1.165) is 11.3 Å². The van der Waals surface area contributed by atoms with E-state index in [1.54, 1.807) is 25.6 Å². The van der Waals surface area contributed by atoms with E-state index in [2.05, 4.69) is 4.57 Å². The standard InChI is InChI=1S/C20H27N3O6S/c1-26-17-13-15(14-18(27-2)20(17)28-3)19-16-5-4-6-21(16)7-8-23(19)30(24,25)22-9-11-29-12-10-22/h4-6,13-14,19H,7-12H2,1-3H3. The number of hydrogen-bond donors (Lipinski definition) is 0. The van der Waals surface area contributed by atoms with Gasteiger partial charge in [-0.05, 0) is 29.8 Å². The smallest absolute Gasteiger partial charge is 0.283 e. The lowest BCUT2D eigenvalue weighted by molar-refractivity contribution is 0.0689. The SMILES string of the molecule is COc1cc(C2c3cccn3CCN2S(=O)(=O)N2CCOCC2)cc(OC)c1OC. The van der Waals surface area contributed by atoms with E-state index >= 15 is 0 Å². The van der Waals surface area contributed by atoms with Gasteiger partial charge in [-0.1, -0.05) is 0 Å². The van der Waals surface area contributed by atoms with Gasteiger partial charge in [0.05, 0.1) is 40.6 Å². The predicted octanol–water partition coefficient (Wildman–Crippen LogP) is 1.50. The van der Waals surface area contributed by atoms with Crippen molar-refractivity contribution < 1.29 is 27.4 Å². The monoisotopic (exact) mass is 437 g/mol. The number of nitrogens with zero attached hydrogens (tertiary/aromatic N) is 3. The van der Waals surface area contributed by atoms with Gasteiger partial charge in [-0.2, -0.15) is 17.0 Å². The summed E-state index contributed by atoms with van der Waals surface area (Å²) in [4.78, 5) is 0. The first-order chi connectivity index (χ1) is 14.5. The fourth-order valence-corrected chi connectivity index (χ4v) is 5.85. The van der Waals surface area contributed by atoms with Crippen molar-refractivity contribution in [1.29, 1.82) is 0 Å². The van der Waals surface area contributed by atoms with E-state index in [9.17, 15) is 8.42 Å². The molecule has 2 aliphatic heterocycles. The minimum Gasteiger partial charge on any atom is -0.493 e. The lowest BCUT2D eigenvalue weighted by atomic mass is 10.0. The number of ether oxygens (including phenoxy) is 4. The molecule has 0 amide bonds. The maximum absolute atomic E-state index is 13.6. The van der Waals surface area contributed by atoms with Gasteiger partial charge in [0.15, 0.2) is 11.5 Å². The maximum atomic E-state index is 13.6. The summed E-state index contributed by atoms with van der Waals surface area (Å²) in [5, 5.41) is 0. The van der Waals surface area contributed by atoms with Crippen LogP contribution in [0.2, 0.25) is 0 Å². The van der Waals surface area contributed by atoms with E-state index in [4.69, 9.17) is 18.9 Å². The van der Waals surface area contributed by atoms with Gasteiger partial charge in [0.2, 0.25) is 5.75 Å². The lowest BCUT2D eigenvalue weighted by Gasteiger charge is -2.40. The van der Waals surface area contributed by atoms with Crippen LogP contribution in [0.1, 0.15) is 17.3 Å². The summed E-state index contributed by atoms with van der Waals surface area (Å²) in [5.41, 5.74) is 1.65.